The lowest BCUT2D eigenvalue weighted by Crippen LogP contribution is -2.46. The van der Waals surface area contributed by atoms with Gasteiger partial charge in [0, 0.05) is 0 Å². The van der Waals surface area contributed by atoms with Crippen LogP contribution < -0.4 is 5.32 Å². The Morgan fingerprint density at radius 3 is 1.94 bits per heavy atom. The van der Waals surface area contributed by atoms with Gasteiger partial charge < -0.3 is 19.5 Å². The number of hydrogen-bond donors (Lipinski definition) is 1. The van der Waals surface area contributed by atoms with Gasteiger partial charge in [-0.25, -0.2) is 14.6 Å². The molecule has 0 aliphatic rings. The predicted octanol–water partition coefficient (Wildman–Crippen LogP) is 4.46. The van der Waals surface area contributed by atoms with Crippen LogP contribution in [0.4, 0.5) is 4.79 Å². The molecule has 0 aliphatic carbocycles. The molecule has 8 nitrogen and oxygen atoms in total. The Kier molecular flexibility index (Phi) is 10.6. The van der Waals surface area contributed by atoms with Crippen LogP contribution in [0.2, 0.25) is 0 Å². The largest absolute Gasteiger partial charge is 0.456 e. The lowest BCUT2D eigenvalue weighted by atomic mass is 10.0. The second-order valence-corrected chi connectivity index (χ2v) is 9.30. The fourth-order valence-corrected chi connectivity index (χ4v) is 2.93. The minimum atomic E-state index is -0.990. The average Bonchev–Trinajstić information content (AvgIpc) is 2.80. The van der Waals surface area contributed by atoms with E-state index < -0.39 is 29.6 Å². The maximum atomic E-state index is 13.0. The summed E-state index contributed by atoms with van der Waals surface area (Å²) in [5, 5.41) is 2.55. The van der Waals surface area contributed by atoms with Crippen molar-refractivity contribution in [2.24, 2.45) is 10.9 Å². The van der Waals surface area contributed by atoms with Crippen molar-refractivity contribution in [2.75, 3.05) is 6.61 Å². The highest BCUT2D eigenvalue weighted by Crippen LogP contribution is 2.11. The van der Waals surface area contributed by atoms with Crippen molar-refractivity contribution < 1.29 is 28.6 Å². The minimum absolute atomic E-state index is 0.0232. The number of ether oxygens (including phenoxy) is 3. The van der Waals surface area contributed by atoms with Crippen molar-refractivity contribution in [3.63, 3.8) is 0 Å². The first-order valence-corrected chi connectivity index (χ1v) is 11.5. The molecule has 0 fully saturated rings. The van der Waals surface area contributed by atoms with Gasteiger partial charge in [0.15, 0.2) is 5.71 Å². The van der Waals surface area contributed by atoms with Gasteiger partial charge in [-0.3, -0.25) is 4.79 Å². The molecule has 0 heterocycles. The summed E-state index contributed by atoms with van der Waals surface area (Å²) >= 11 is 0. The molecule has 0 unspecified atom stereocenters. The van der Waals surface area contributed by atoms with Gasteiger partial charge in [-0.05, 0) is 37.8 Å². The lowest BCUT2D eigenvalue weighted by Gasteiger charge is -2.24. The fraction of sp³-hybridized carbons (Fsp3) is 0.407. The summed E-state index contributed by atoms with van der Waals surface area (Å²) in [6, 6.07) is 17.6. The number of carbonyl (C=O) groups excluding carboxylic acids is 3. The van der Waals surface area contributed by atoms with Crippen molar-refractivity contribution in [2.45, 2.75) is 59.5 Å². The minimum Gasteiger partial charge on any atom is -0.456 e. The zero-order chi connectivity index (χ0) is 25.8. The van der Waals surface area contributed by atoms with E-state index >= 15 is 0 Å². The van der Waals surface area contributed by atoms with E-state index in [0.29, 0.717) is 0 Å². The van der Waals surface area contributed by atoms with E-state index in [0.717, 1.165) is 11.1 Å². The number of esters is 1. The Labute approximate surface area is 206 Å². The molecule has 2 aromatic carbocycles. The molecule has 0 spiro atoms. The molecule has 2 rings (SSSR count). The molecule has 188 valence electrons. The third kappa shape index (κ3) is 10.5. The molecule has 0 bridgehead atoms. The second kappa shape index (κ2) is 13.4. The molecule has 2 amide bonds. The van der Waals surface area contributed by atoms with E-state index in [9.17, 15) is 14.4 Å². The number of nitrogens with one attached hydrogen (secondary N) is 1. The van der Waals surface area contributed by atoms with Crippen LogP contribution in [0.25, 0.3) is 0 Å². The monoisotopic (exact) mass is 482 g/mol. The molecule has 35 heavy (non-hydrogen) atoms. The Balaban J connectivity index is 2.15. The van der Waals surface area contributed by atoms with Crippen LogP contribution in [0.1, 0.15) is 45.7 Å². The maximum Gasteiger partial charge on any atom is 0.408 e. The van der Waals surface area contributed by atoms with Crippen molar-refractivity contribution in [3.05, 3.63) is 71.8 Å². The molecule has 8 heteroatoms. The first-order chi connectivity index (χ1) is 16.5. The van der Waals surface area contributed by atoms with Gasteiger partial charge in [0.25, 0.3) is 5.91 Å². The number of nitrogens with zero attached hydrogens (tertiary/aromatic N) is 1. The number of aliphatic imine (C=N–C) groups is 1. The van der Waals surface area contributed by atoms with Crippen LogP contribution in [-0.4, -0.2) is 41.9 Å². The van der Waals surface area contributed by atoms with Crippen molar-refractivity contribution in [1.29, 1.82) is 0 Å². The summed E-state index contributed by atoms with van der Waals surface area (Å²) in [6.45, 7) is 8.71. The van der Waals surface area contributed by atoms with Gasteiger partial charge >= 0.3 is 12.1 Å². The molecule has 1 N–H and O–H groups in total. The van der Waals surface area contributed by atoms with Crippen molar-refractivity contribution in [3.8, 4) is 0 Å². The fourth-order valence-electron chi connectivity index (χ4n) is 2.93. The van der Waals surface area contributed by atoms with Crippen LogP contribution in [0, 0.1) is 5.92 Å². The molecule has 0 radical (unpaired) electrons. The predicted molar refractivity (Wildman–Crippen MR) is 133 cm³/mol. The van der Waals surface area contributed by atoms with E-state index in [1.807, 2.05) is 60.7 Å². The Bertz CT molecular complexity index is 997. The maximum absolute atomic E-state index is 13.0. The summed E-state index contributed by atoms with van der Waals surface area (Å²) in [7, 11) is 0. The van der Waals surface area contributed by atoms with Crippen molar-refractivity contribution >= 4 is 23.7 Å². The Morgan fingerprint density at radius 2 is 1.43 bits per heavy atom. The molecular formula is C27H34N2O6. The van der Waals surface area contributed by atoms with E-state index in [2.05, 4.69) is 10.3 Å². The number of benzene rings is 2. The molecular weight excluding hydrogens is 448 g/mol. The number of alkyl carbamates (subject to hydrolysis) is 1. The van der Waals surface area contributed by atoms with Crippen molar-refractivity contribution in [1.82, 2.24) is 5.32 Å². The first-order valence-electron chi connectivity index (χ1n) is 11.5. The van der Waals surface area contributed by atoms with Gasteiger partial charge in [0.1, 0.15) is 18.2 Å². The van der Waals surface area contributed by atoms with E-state index in [4.69, 9.17) is 14.2 Å². The van der Waals surface area contributed by atoms with Crippen LogP contribution >= 0.6 is 0 Å². The number of carbonyl (C=O) groups is 3. The Hall–Kier alpha value is -3.52. The SMILES string of the molecule is CC(C)[C@H](NC(=O)OC(C)(C)C)C(=O)N=C(COCc1ccccc1)C(=O)OCc1ccccc1. The smallest absolute Gasteiger partial charge is 0.408 e. The first kappa shape index (κ1) is 27.7. The van der Waals surface area contributed by atoms with Crippen LogP contribution in [-0.2, 0) is 37.0 Å². The average molecular weight is 483 g/mol. The van der Waals surface area contributed by atoms with E-state index in [1.165, 1.54) is 0 Å². The highest BCUT2D eigenvalue weighted by Gasteiger charge is 2.28. The molecule has 0 saturated carbocycles. The zero-order valence-corrected chi connectivity index (χ0v) is 20.9. The normalized spacial score (nSPS) is 12.7. The zero-order valence-electron chi connectivity index (χ0n) is 20.9. The van der Waals surface area contributed by atoms with Crippen LogP contribution in [0.15, 0.2) is 65.7 Å². The van der Waals surface area contributed by atoms with E-state index in [-0.39, 0.29) is 31.5 Å². The lowest BCUT2D eigenvalue weighted by molar-refractivity contribution is -0.137. The number of hydrogen-bond acceptors (Lipinski definition) is 6. The number of amides is 2. The van der Waals surface area contributed by atoms with Gasteiger partial charge in [-0.15, -0.1) is 0 Å². The van der Waals surface area contributed by atoms with Gasteiger partial charge in [-0.1, -0.05) is 74.5 Å². The topological polar surface area (TPSA) is 103 Å². The summed E-state index contributed by atoms with van der Waals surface area (Å²) in [5.41, 5.74) is 0.791. The van der Waals surface area contributed by atoms with Crippen LogP contribution in [0.5, 0.6) is 0 Å². The van der Waals surface area contributed by atoms with Crippen LogP contribution in [0.3, 0.4) is 0 Å². The number of rotatable bonds is 10. The summed E-state index contributed by atoms with van der Waals surface area (Å²) in [4.78, 5) is 42.0. The highest BCUT2D eigenvalue weighted by atomic mass is 16.6. The van der Waals surface area contributed by atoms with Gasteiger partial charge in [0.2, 0.25) is 0 Å². The Morgan fingerprint density at radius 1 is 0.886 bits per heavy atom. The molecule has 0 saturated heterocycles. The summed E-state index contributed by atoms with van der Waals surface area (Å²) in [6.07, 6.45) is -0.742. The summed E-state index contributed by atoms with van der Waals surface area (Å²) < 4.78 is 16.3. The second-order valence-electron chi connectivity index (χ2n) is 9.30. The van der Waals surface area contributed by atoms with Gasteiger partial charge in [-0.2, -0.15) is 0 Å². The molecule has 0 aliphatic heterocycles. The molecule has 0 aromatic heterocycles. The quantitative estimate of drug-likeness (QED) is 0.396. The summed E-state index contributed by atoms with van der Waals surface area (Å²) in [5.74, 6) is -1.76. The van der Waals surface area contributed by atoms with Gasteiger partial charge in [0.05, 0.1) is 13.2 Å². The molecule has 1 atom stereocenters. The molecule has 2 aromatic rings. The third-order valence-corrected chi connectivity index (χ3v) is 4.65. The van der Waals surface area contributed by atoms with E-state index in [1.54, 1.807) is 34.6 Å². The third-order valence-electron chi connectivity index (χ3n) is 4.65. The standard InChI is InChI=1S/C27H34N2O6/c1-19(2)23(29-26(32)35-27(3,4)5)24(30)28-22(18-33-16-20-12-8-6-9-13-20)25(31)34-17-21-14-10-7-11-15-21/h6-15,19,23H,16-18H2,1-5H3,(H,29,32)/t23-/m0/s1. The highest BCUT2D eigenvalue weighted by molar-refractivity contribution is 6.38.